The minimum Gasteiger partial charge on any atom is -0.478 e. The van der Waals surface area contributed by atoms with Crippen molar-refractivity contribution in [2.24, 2.45) is 0 Å². The molecule has 0 spiro atoms. The minimum atomic E-state index is -1.01. The van der Waals surface area contributed by atoms with E-state index in [9.17, 15) is 4.79 Å². The van der Waals surface area contributed by atoms with Crippen LogP contribution >= 0.6 is 0 Å². The Balaban J connectivity index is 3.02. The van der Waals surface area contributed by atoms with E-state index in [4.69, 9.17) is 5.11 Å². The summed E-state index contributed by atoms with van der Waals surface area (Å²) < 4.78 is 0. The highest BCUT2D eigenvalue weighted by Crippen LogP contribution is 2.15. The van der Waals surface area contributed by atoms with E-state index in [0.717, 1.165) is 0 Å². The van der Waals surface area contributed by atoms with Crippen LogP contribution in [0.25, 0.3) is 0 Å². The maximum Gasteiger partial charge on any atom is 0.339 e. The molecule has 0 aliphatic carbocycles. The van der Waals surface area contributed by atoms with Crippen LogP contribution in [0.2, 0.25) is 0 Å². The zero-order chi connectivity index (χ0) is 10.8. The fraction of sp³-hybridized carbons (Fsp3) is 0.444. The van der Waals surface area contributed by atoms with Gasteiger partial charge in [-0.1, -0.05) is 0 Å². The van der Waals surface area contributed by atoms with Crippen LogP contribution in [0.3, 0.4) is 0 Å². The van der Waals surface area contributed by atoms with E-state index in [1.165, 1.54) is 12.3 Å². The number of nitrogens with zero attached hydrogens (tertiary/aromatic N) is 2. The molecule has 5 nitrogen and oxygen atoms in total. The van der Waals surface area contributed by atoms with E-state index in [1.54, 1.807) is 0 Å². The van der Waals surface area contributed by atoms with Gasteiger partial charge in [0.05, 0.1) is 6.20 Å². The number of anilines is 1. The van der Waals surface area contributed by atoms with Crippen molar-refractivity contribution < 1.29 is 9.90 Å². The van der Waals surface area contributed by atoms with Crippen LogP contribution in [0.1, 0.15) is 31.1 Å². The van der Waals surface area contributed by atoms with E-state index < -0.39 is 5.97 Å². The molecule has 14 heavy (non-hydrogen) atoms. The van der Waals surface area contributed by atoms with E-state index in [1.807, 2.05) is 20.8 Å². The molecule has 1 heterocycles. The smallest absolute Gasteiger partial charge is 0.339 e. The number of hydrogen-bond donors (Lipinski definition) is 2. The summed E-state index contributed by atoms with van der Waals surface area (Å²) in [4.78, 5) is 10.8. The molecule has 2 N–H and O–H groups in total. The molecule has 0 unspecified atom stereocenters. The highest BCUT2D eigenvalue weighted by Gasteiger charge is 2.16. The first-order chi connectivity index (χ1) is 6.40. The van der Waals surface area contributed by atoms with Gasteiger partial charge >= 0.3 is 5.97 Å². The summed E-state index contributed by atoms with van der Waals surface area (Å²) in [6, 6.07) is 1.42. The molecule has 0 atom stereocenters. The molecule has 0 saturated heterocycles. The van der Waals surface area contributed by atoms with Gasteiger partial charge in [0, 0.05) is 5.54 Å². The van der Waals surface area contributed by atoms with Crippen LogP contribution in [-0.2, 0) is 0 Å². The number of nitrogens with one attached hydrogen (secondary N) is 1. The van der Waals surface area contributed by atoms with E-state index in [-0.39, 0.29) is 11.1 Å². The lowest BCUT2D eigenvalue weighted by molar-refractivity contribution is 0.0697. The molecule has 0 amide bonds. The van der Waals surface area contributed by atoms with E-state index in [0.29, 0.717) is 5.82 Å². The van der Waals surface area contributed by atoms with Crippen LogP contribution in [0.15, 0.2) is 12.3 Å². The van der Waals surface area contributed by atoms with Gasteiger partial charge in [0.2, 0.25) is 0 Å². The predicted octanol–water partition coefficient (Wildman–Crippen LogP) is 1.39. The molecular weight excluding hydrogens is 182 g/mol. The van der Waals surface area contributed by atoms with Crippen molar-refractivity contribution in [1.82, 2.24) is 10.2 Å². The van der Waals surface area contributed by atoms with Gasteiger partial charge in [-0.3, -0.25) is 0 Å². The van der Waals surface area contributed by atoms with Gasteiger partial charge in [-0.05, 0) is 26.8 Å². The Bertz CT molecular complexity index is 344. The van der Waals surface area contributed by atoms with Gasteiger partial charge in [-0.2, -0.15) is 5.10 Å². The molecule has 0 radical (unpaired) electrons. The summed E-state index contributed by atoms with van der Waals surface area (Å²) in [7, 11) is 0. The Morgan fingerprint density at radius 2 is 2.14 bits per heavy atom. The molecule has 1 rings (SSSR count). The van der Waals surface area contributed by atoms with E-state index in [2.05, 4.69) is 15.5 Å². The molecule has 0 aliphatic heterocycles. The third-order valence-corrected chi connectivity index (χ3v) is 1.44. The SMILES string of the molecule is CC(C)(C)Nc1nnccc1C(=O)O. The van der Waals surface area contributed by atoms with Crippen molar-refractivity contribution in [3.8, 4) is 0 Å². The number of carboxylic acids is 1. The van der Waals surface area contributed by atoms with Crippen LogP contribution in [0.4, 0.5) is 5.82 Å². The van der Waals surface area contributed by atoms with Gasteiger partial charge in [0.25, 0.3) is 0 Å². The second kappa shape index (κ2) is 3.61. The molecule has 0 fully saturated rings. The molecule has 0 aliphatic rings. The first-order valence-electron chi connectivity index (χ1n) is 4.23. The Labute approximate surface area is 82.2 Å². The molecule has 1 aromatic rings. The molecule has 0 saturated carbocycles. The van der Waals surface area contributed by atoms with Crippen molar-refractivity contribution in [1.29, 1.82) is 0 Å². The first-order valence-corrected chi connectivity index (χ1v) is 4.23. The number of aromatic nitrogens is 2. The number of carboxylic acid groups (broad SMARTS) is 1. The van der Waals surface area contributed by atoms with Crippen LogP contribution in [-0.4, -0.2) is 26.8 Å². The van der Waals surface area contributed by atoms with Crippen molar-refractivity contribution in [3.63, 3.8) is 0 Å². The Hall–Kier alpha value is -1.65. The third kappa shape index (κ3) is 2.69. The normalized spacial score (nSPS) is 11.1. The lowest BCUT2D eigenvalue weighted by Gasteiger charge is -2.21. The van der Waals surface area contributed by atoms with Crippen molar-refractivity contribution in [2.75, 3.05) is 5.32 Å². The van der Waals surface area contributed by atoms with Crippen molar-refractivity contribution in [3.05, 3.63) is 17.8 Å². The molecule has 0 bridgehead atoms. The highest BCUT2D eigenvalue weighted by molar-refractivity contribution is 5.92. The Morgan fingerprint density at radius 1 is 1.50 bits per heavy atom. The predicted molar refractivity (Wildman–Crippen MR) is 52.4 cm³/mol. The summed E-state index contributed by atoms with van der Waals surface area (Å²) in [6.45, 7) is 5.77. The topological polar surface area (TPSA) is 75.1 Å². The second-order valence-electron chi connectivity index (χ2n) is 3.97. The Kier molecular flexibility index (Phi) is 2.69. The third-order valence-electron chi connectivity index (χ3n) is 1.44. The molecule has 0 aromatic carbocycles. The maximum atomic E-state index is 10.8. The lowest BCUT2D eigenvalue weighted by Crippen LogP contribution is -2.28. The quantitative estimate of drug-likeness (QED) is 0.745. The first kappa shape index (κ1) is 10.4. The second-order valence-corrected chi connectivity index (χ2v) is 3.97. The highest BCUT2D eigenvalue weighted by atomic mass is 16.4. The summed E-state index contributed by atoms with van der Waals surface area (Å²) in [5.74, 6) is -0.709. The number of aromatic carboxylic acids is 1. The fourth-order valence-corrected chi connectivity index (χ4v) is 0.952. The average molecular weight is 195 g/mol. The van der Waals surface area contributed by atoms with Gasteiger partial charge in [0.1, 0.15) is 5.56 Å². The van der Waals surface area contributed by atoms with Crippen LogP contribution in [0.5, 0.6) is 0 Å². The lowest BCUT2D eigenvalue weighted by atomic mass is 10.1. The monoisotopic (exact) mass is 195 g/mol. The molecular formula is C9H13N3O2. The molecule has 1 aromatic heterocycles. The van der Waals surface area contributed by atoms with E-state index >= 15 is 0 Å². The average Bonchev–Trinajstić information content (AvgIpc) is 2.01. The molecule has 76 valence electrons. The summed E-state index contributed by atoms with van der Waals surface area (Å²) in [6.07, 6.45) is 1.36. The number of hydrogen-bond acceptors (Lipinski definition) is 4. The fourth-order valence-electron chi connectivity index (χ4n) is 0.952. The summed E-state index contributed by atoms with van der Waals surface area (Å²) in [5, 5.41) is 19.2. The summed E-state index contributed by atoms with van der Waals surface area (Å²) >= 11 is 0. The largest absolute Gasteiger partial charge is 0.478 e. The van der Waals surface area contributed by atoms with Crippen molar-refractivity contribution in [2.45, 2.75) is 26.3 Å². The van der Waals surface area contributed by atoms with Crippen LogP contribution < -0.4 is 5.32 Å². The number of rotatable bonds is 2. The van der Waals surface area contributed by atoms with Gasteiger partial charge < -0.3 is 10.4 Å². The van der Waals surface area contributed by atoms with Crippen molar-refractivity contribution >= 4 is 11.8 Å². The number of carbonyl (C=O) groups is 1. The zero-order valence-corrected chi connectivity index (χ0v) is 8.40. The van der Waals surface area contributed by atoms with Crippen LogP contribution in [0, 0.1) is 0 Å². The zero-order valence-electron chi connectivity index (χ0n) is 8.40. The minimum absolute atomic E-state index is 0.134. The Morgan fingerprint density at radius 3 is 2.64 bits per heavy atom. The van der Waals surface area contributed by atoms with Gasteiger partial charge in [-0.25, -0.2) is 4.79 Å². The van der Waals surface area contributed by atoms with Gasteiger partial charge in [0.15, 0.2) is 5.82 Å². The maximum absolute atomic E-state index is 10.8. The summed E-state index contributed by atoms with van der Waals surface area (Å²) in [5.41, 5.74) is -0.102. The van der Waals surface area contributed by atoms with Gasteiger partial charge in [-0.15, -0.1) is 5.10 Å². The molecule has 5 heteroatoms. The standard InChI is InChI=1S/C9H13N3O2/c1-9(2,3)11-7-6(8(13)14)4-5-10-12-7/h4-5H,1-3H3,(H,11,12)(H,13,14).